The van der Waals surface area contributed by atoms with E-state index in [1.807, 2.05) is 0 Å². The zero-order valence-corrected chi connectivity index (χ0v) is 32.6. The highest BCUT2D eigenvalue weighted by molar-refractivity contribution is 6.26. The predicted octanol–water partition coefficient (Wildman–Crippen LogP) is 2.80. The molecule has 0 radical (unpaired) electrons. The number of hydrogen-bond donors (Lipinski definition) is 8. The molecule has 5 saturated heterocycles. The van der Waals surface area contributed by atoms with Gasteiger partial charge < -0.3 is 8.85 Å². The summed E-state index contributed by atoms with van der Waals surface area (Å²) in [5.41, 5.74) is 0. The van der Waals surface area contributed by atoms with Gasteiger partial charge in [0.05, 0.1) is 49.3 Å². The van der Waals surface area contributed by atoms with Crippen LogP contribution in [-0.4, -0.2) is 83.6 Å². The van der Waals surface area contributed by atoms with E-state index in [4.69, 9.17) is 0 Å². The molecule has 9 aliphatic rings. The minimum Gasteiger partial charge on any atom is -0.483 e. The number of carbonyl (C=O) groups is 2. The van der Waals surface area contributed by atoms with Crippen molar-refractivity contribution >= 4 is 21.9 Å². The first-order chi connectivity index (χ1) is 26.3. The lowest BCUT2D eigenvalue weighted by Crippen LogP contribution is -2.61. The Hall–Kier alpha value is -1.58. The molecule has 312 valence electrons. The minimum atomic E-state index is -5.32. The first-order valence-electron chi connectivity index (χ1n) is 20.9. The fourth-order valence-electron chi connectivity index (χ4n) is 12.3. The van der Waals surface area contributed by atoms with Gasteiger partial charge in [0, 0.05) is 0 Å². The van der Waals surface area contributed by atoms with Gasteiger partial charge in [-0.2, -0.15) is 26.3 Å². The molecule has 9 rings (SSSR count). The van der Waals surface area contributed by atoms with Crippen LogP contribution in [0.15, 0.2) is 0 Å². The van der Waals surface area contributed by atoms with Crippen molar-refractivity contribution in [2.24, 2.45) is 47.3 Å². The molecular formula is C36H58F6N8O4Si. The van der Waals surface area contributed by atoms with Gasteiger partial charge in [-0.3, -0.25) is 42.5 Å². The van der Waals surface area contributed by atoms with Crippen molar-refractivity contribution in [2.45, 2.75) is 164 Å². The first kappa shape index (κ1) is 40.2. The fraction of sp³-hybridized carbons (Fsp3) is 0.944. The van der Waals surface area contributed by atoms with Gasteiger partial charge in [-0.15, -0.1) is 0 Å². The van der Waals surface area contributed by atoms with Crippen LogP contribution in [0.2, 0.25) is 0 Å². The largest absolute Gasteiger partial charge is 0.489 e. The molecule has 12 nitrogen and oxygen atoms in total. The molecule has 4 saturated carbocycles. The van der Waals surface area contributed by atoms with Crippen LogP contribution in [-0.2, 0) is 18.4 Å². The highest BCUT2D eigenvalue weighted by Gasteiger charge is 2.54. The van der Waals surface area contributed by atoms with Crippen molar-refractivity contribution in [3.05, 3.63) is 0 Å². The number of hydrogen-bond acceptors (Lipinski definition) is 12. The smallest absolute Gasteiger partial charge is 0.483 e. The molecule has 55 heavy (non-hydrogen) atoms. The van der Waals surface area contributed by atoms with E-state index in [1.54, 1.807) is 0 Å². The van der Waals surface area contributed by atoms with Crippen LogP contribution in [0.25, 0.3) is 0 Å². The molecule has 8 atom stereocenters. The molecule has 0 aromatic carbocycles. The van der Waals surface area contributed by atoms with E-state index in [2.05, 4.69) is 51.4 Å². The molecule has 5 heterocycles. The van der Waals surface area contributed by atoms with Crippen LogP contribution >= 0.6 is 0 Å². The summed E-state index contributed by atoms with van der Waals surface area (Å²) in [4.78, 5) is 19.8. The normalized spacial score (nSPS) is 45.2. The summed E-state index contributed by atoms with van der Waals surface area (Å²) in [5.74, 6) is 0.589. The van der Waals surface area contributed by atoms with Crippen LogP contribution in [0.4, 0.5) is 26.3 Å². The van der Waals surface area contributed by atoms with Crippen LogP contribution in [0, 0.1) is 47.3 Å². The van der Waals surface area contributed by atoms with Crippen LogP contribution in [0.5, 0.6) is 0 Å². The van der Waals surface area contributed by atoms with Crippen molar-refractivity contribution in [1.29, 1.82) is 0 Å². The summed E-state index contributed by atoms with van der Waals surface area (Å²) >= 11 is 0. The standard InChI is InChI=1S/C32H56N8.C4H2F6O4Si/c1-2-10-18-17(9-1)25-33-26(18)38-28-21-13-5-6-14-22(21)30(35-28)40-32-24-16-8-7-15-23(24)31(36-32)39-29-20-12-4-3-11-19(20)27(34-29)37-25;5-3(6,7)1(11)13-15-14-2(12)4(8,9)10/h17-40H,1-16H2;15H2. The summed E-state index contributed by atoms with van der Waals surface area (Å²) in [7, 11) is -2.98. The second-order valence-corrected chi connectivity index (χ2v) is 18.4. The average Bonchev–Trinajstić information content (AvgIpc) is 3.90. The molecule has 19 heteroatoms. The number of fused-ring (bicyclic) bond motifs is 20. The summed E-state index contributed by atoms with van der Waals surface area (Å²) in [6, 6.07) is 0. The summed E-state index contributed by atoms with van der Waals surface area (Å²) in [6.07, 6.45) is 14.9. The second-order valence-electron chi connectivity index (χ2n) is 17.6. The summed E-state index contributed by atoms with van der Waals surface area (Å²) < 4.78 is 75.0. The molecule has 9 fully saturated rings. The van der Waals surface area contributed by atoms with Gasteiger partial charge in [0.2, 0.25) is 0 Å². The number of carbonyl (C=O) groups excluding carboxylic acids is 2. The van der Waals surface area contributed by atoms with Gasteiger partial charge in [0.1, 0.15) is 0 Å². The van der Waals surface area contributed by atoms with E-state index >= 15 is 0 Å². The number of rotatable bonds is 2. The Kier molecular flexibility index (Phi) is 12.1. The van der Waals surface area contributed by atoms with E-state index < -0.39 is 34.3 Å². The van der Waals surface area contributed by atoms with Crippen molar-refractivity contribution in [3.63, 3.8) is 0 Å². The summed E-state index contributed by atoms with van der Waals surface area (Å²) in [5, 5.41) is 33.8. The Bertz CT molecular complexity index is 1140. The SMILES string of the molecule is C1CCC2C3NC(NC4NC(NC5NC(NC6NC(N3)C3CCCCC63)C3CCCCC53)C3CCCCC43)C2C1.O=C(O[SiH2]OC(=O)C(F)(F)F)C(F)(F)F. The lowest BCUT2D eigenvalue weighted by atomic mass is 9.76. The maximum absolute atomic E-state index is 11.4. The highest BCUT2D eigenvalue weighted by atomic mass is 28.3. The third-order valence-electron chi connectivity index (χ3n) is 14.6. The predicted molar refractivity (Wildman–Crippen MR) is 190 cm³/mol. The molecule has 0 spiro atoms. The Morgan fingerprint density at radius 1 is 0.364 bits per heavy atom. The van der Waals surface area contributed by atoms with Gasteiger partial charge in [-0.05, 0) is 98.7 Å². The minimum absolute atomic E-state index is 0.420. The van der Waals surface area contributed by atoms with Gasteiger partial charge in [-0.1, -0.05) is 51.4 Å². The Morgan fingerprint density at radius 2 is 0.527 bits per heavy atom. The maximum Gasteiger partial charge on any atom is 0.489 e. The van der Waals surface area contributed by atoms with Crippen molar-refractivity contribution in [3.8, 4) is 0 Å². The topological polar surface area (TPSA) is 149 Å². The number of nitrogens with one attached hydrogen (secondary N) is 8. The highest BCUT2D eigenvalue weighted by Crippen LogP contribution is 2.45. The van der Waals surface area contributed by atoms with E-state index in [1.165, 1.54) is 103 Å². The van der Waals surface area contributed by atoms with Crippen LogP contribution in [0.1, 0.15) is 103 Å². The van der Waals surface area contributed by atoms with Gasteiger partial charge in [0.25, 0.3) is 0 Å². The van der Waals surface area contributed by atoms with Crippen LogP contribution in [0.3, 0.4) is 0 Å². The maximum atomic E-state index is 11.4. The molecule has 0 amide bonds. The lowest BCUT2D eigenvalue weighted by Gasteiger charge is -2.35. The lowest BCUT2D eigenvalue weighted by molar-refractivity contribution is -0.196. The molecule has 5 aliphatic heterocycles. The third kappa shape index (κ3) is 8.61. The Balaban J connectivity index is 0.000000245. The molecule has 8 unspecified atom stereocenters. The fourth-order valence-corrected chi connectivity index (χ4v) is 12.9. The van der Waals surface area contributed by atoms with Gasteiger partial charge in [0.15, 0.2) is 0 Å². The monoisotopic (exact) mass is 808 g/mol. The zero-order chi connectivity index (χ0) is 38.5. The molecule has 0 aromatic heterocycles. The molecular weight excluding hydrogens is 751 g/mol. The second kappa shape index (κ2) is 16.6. The summed E-state index contributed by atoms with van der Waals surface area (Å²) in [6.45, 7) is 0. The number of alkyl halides is 6. The van der Waals surface area contributed by atoms with E-state index in [-0.39, 0.29) is 0 Å². The Labute approximate surface area is 320 Å². The molecule has 8 bridgehead atoms. The van der Waals surface area contributed by atoms with E-state index in [0.717, 1.165) is 47.3 Å². The Morgan fingerprint density at radius 3 is 0.673 bits per heavy atom. The van der Waals surface area contributed by atoms with Gasteiger partial charge in [-0.25, -0.2) is 9.59 Å². The van der Waals surface area contributed by atoms with Crippen molar-refractivity contribution in [1.82, 2.24) is 42.5 Å². The van der Waals surface area contributed by atoms with Crippen molar-refractivity contribution in [2.75, 3.05) is 0 Å². The zero-order valence-electron chi connectivity index (χ0n) is 31.2. The molecule has 8 N–H and O–H groups in total. The van der Waals surface area contributed by atoms with Crippen LogP contribution < -0.4 is 42.5 Å². The van der Waals surface area contributed by atoms with E-state index in [0.29, 0.717) is 49.3 Å². The average molecular weight is 809 g/mol. The molecule has 4 aliphatic carbocycles. The van der Waals surface area contributed by atoms with Crippen molar-refractivity contribution < 1.29 is 44.8 Å². The van der Waals surface area contributed by atoms with E-state index in [9.17, 15) is 35.9 Å². The quantitative estimate of drug-likeness (QED) is 0.153. The third-order valence-corrected chi connectivity index (χ3v) is 15.4. The number of halogens is 6. The molecule has 0 aromatic rings. The van der Waals surface area contributed by atoms with Gasteiger partial charge >= 0.3 is 34.3 Å². The first-order valence-corrected chi connectivity index (χ1v) is 22.1.